The highest BCUT2D eigenvalue weighted by Crippen LogP contribution is 2.45. The lowest BCUT2D eigenvalue weighted by Gasteiger charge is -2.24. The maximum absolute atomic E-state index is 12.7. The monoisotopic (exact) mass is 563 g/mol. The quantitative estimate of drug-likeness (QED) is 0.210. The topological polar surface area (TPSA) is 92.3 Å². The van der Waals surface area contributed by atoms with Gasteiger partial charge < -0.3 is 23.0 Å². The zero-order chi connectivity index (χ0) is 27.3. The molecule has 0 aromatic heterocycles. The first-order valence-corrected chi connectivity index (χ1v) is 13.6. The fraction of sp³-hybridized carbons (Fsp3) is 0.417. The number of nitrogens with one attached hydrogen (secondary N) is 1. The minimum atomic E-state index is -4.83. The van der Waals surface area contributed by atoms with Gasteiger partial charge in [0.05, 0.1) is 18.5 Å². The van der Waals surface area contributed by atoms with Gasteiger partial charge >= 0.3 is 15.0 Å². The first-order valence-electron chi connectivity index (χ1n) is 11.3. The molecule has 2 rings (SSSR count). The van der Waals surface area contributed by atoms with Crippen molar-refractivity contribution in [1.82, 2.24) is 5.32 Å². The van der Waals surface area contributed by atoms with Crippen molar-refractivity contribution in [3.05, 3.63) is 59.7 Å². The Morgan fingerprint density at radius 1 is 1.08 bits per heavy atom. The highest BCUT2D eigenvalue weighted by molar-refractivity contribution is 7.99. The molecule has 0 radical (unpaired) electrons. The van der Waals surface area contributed by atoms with Gasteiger partial charge in [0.2, 0.25) is 12.3 Å². The molecule has 8 nitrogen and oxygen atoms in total. The van der Waals surface area contributed by atoms with E-state index in [4.69, 9.17) is 18.3 Å². The Morgan fingerprint density at radius 3 is 2.32 bits per heavy atom. The third kappa shape index (κ3) is 11.3. The maximum atomic E-state index is 12.7. The molecule has 0 aliphatic rings. The number of thioether (sulfide) groups is 1. The van der Waals surface area contributed by atoms with Crippen LogP contribution in [0.4, 0.5) is 13.2 Å². The summed E-state index contributed by atoms with van der Waals surface area (Å²) >= 11 is 1.33. The minimum absolute atomic E-state index is 0.0526. The van der Waals surface area contributed by atoms with Crippen molar-refractivity contribution >= 4 is 32.7 Å². The van der Waals surface area contributed by atoms with Crippen LogP contribution in [0, 0.1) is 0 Å². The summed E-state index contributed by atoms with van der Waals surface area (Å²) in [7, 11) is -1.78. The number of hydrogen-bond donors (Lipinski definition) is 1. The van der Waals surface area contributed by atoms with E-state index in [0.717, 1.165) is 5.56 Å². The molecule has 0 aliphatic carbocycles. The van der Waals surface area contributed by atoms with Crippen LogP contribution >= 0.6 is 20.4 Å². The lowest BCUT2D eigenvalue weighted by molar-refractivity contribution is -0.274. The molecule has 0 aliphatic heterocycles. The normalized spacial score (nSPS) is 13.2. The summed E-state index contributed by atoms with van der Waals surface area (Å²) in [5, 5.41) is 1.72. The number of rotatable bonds is 16. The number of amides is 2. The molecule has 37 heavy (non-hydrogen) atoms. The van der Waals surface area contributed by atoms with Crippen LogP contribution in [0.1, 0.15) is 31.1 Å². The number of benzene rings is 2. The van der Waals surface area contributed by atoms with Crippen LogP contribution in [-0.4, -0.2) is 50.0 Å². The molecule has 0 saturated carbocycles. The van der Waals surface area contributed by atoms with Crippen LogP contribution in [0.5, 0.6) is 11.5 Å². The van der Waals surface area contributed by atoms with Crippen molar-refractivity contribution in [1.29, 1.82) is 0 Å². The van der Waals surface area contributed by atoms with Gasteiger partial charge in [0.15, 0.2) is 0 Å². The Morgan fingerprint density at radius 2 is 1.76 bits per heavy atom. The average Bonchev–Trinajstić information content (AvgIpc) is 2.85. The second kappa shape index (κ2) is 15.8. The van der Waals surface area contributed by atoms with Gasteiger partial charge in [0.25, 0.3) is 0 Å². The zero-order valence-corrected chi connectivity index (χ0v) is 22.2. The molecule has 1 N–H and O–H groups in total. The molecule has 2 amide bonds. The summed E-state index contributed by atoms with van der Waals surface area (Å²) < 4.78 is 65.0. The standard InChI is InChI=1S/C24H29F3NO7PS/c1-4-32-36(33-5-2)35-21(18-7-6-8-20(14-18)34-24(25,26)27)15-31-19-11-9-17(10-12-19)13-22(37-3)23(30)28-16-29/h6-12,14,16,21-22H,4-5,13,15H2,1-3H3,(H,28,29,30). The molecule has 13 heteroatoms. The summed E-state index contributed by atoms with van der Waals surface area (Å²) in [5.74, 6) is -0.281. The third-order valence-corrected chi connectivity index (χ3v) is 6.98. The first-order chi connectivity index (χ1) is 17.7. The van der Waals surface area contributed by atoms with Crippen molar-refractivity contribution in [3.8, 4) is 11.5 Å². The smallest absolute Gasteiger partial charge is 0.491 e. The maximum Gasteiger partial charge on any atom is 0.573 e. The summed E-state index contributed by atoms with van der Waals surface area (Å²) in [4.78, 5) is 22.5. The van der Waals surface area contributed by atoms with Gasteiger partial charge in [-0.1, -0.05) is 24.3 Å². The van der Waals surface area contributed by atoms with Crippen LogP contribution in [0.15, 0.2) is 48.5 Å². The molecule has 2 unspecified atom stereocenters. The van der Waals surface area contributed by atoms with E-state index in [9.17, 15) is 22.8 Å². The lowest BCUT2D eigenvalue weighted by atomic mass is 10.1. The summed E-state index contributed by atoms with van der Waals surface area (Å²) in [6.45, 7) is 4.13. The molecule has 0 saturated heterocycles. The average molecular weight is 564 g/mol. The highest BCUT2D eigenvalue weighted by atomic mass is 32.2. The van der Waals surface area contributed by atoms with Gasteiger partial charge in [-0.3, -0.25) is 14.9 Å². The van der Waals surface area contributed by atoms with Gasteiger partial charge in [0, 0.05) is 0 Å². The Hall–Kier alpha value is -2.37. The van der Waals surface area contributed by atoms with Crippen molar-refractivity contribution in [2.75, 3.05) is 26.1 Å². The Balaban J connectivity index is 2.15. The number of halogens is 3. The second-order valence-corrected chi connectivity index (χ2v) is 9.50. The molecule has 2 atom stereocenters. The van der Waals surface area contributed by atoms with Crippen molar-refractivity contribution in [3.63, 3.8) is 0 Å². The van der Waals surface area contributed by atoms with E-state index in [0.29, 0.717) is 37.4 Å². The van der Waals surface area contributed by atoms with E-state index in [-0.39, 0.29) is 18.3 Å². The Kier molecular flexibility index (Phi) is 13.2. The van der Waals surface area contributed by atoms with E-state index in [1.165, 1.54) is 30.0 Å². The van der Waals surface area contributed by atoms with Crippen LogP contribution in [-0.2, 0) is 29.6 Å². The summed E-state index contributed by atoms with van der Waals surface area (Å²) in [5.41, 5.74) is 1.24. The number of hydrogen-bond acceptors (Lipinski definition) is 8. The minimum Gasteiger partial charge on any atom is -0.491 e. The highest BCUT2D eigenvalue weighted by Gasteiger charge is 2.31. The van der Waals surface area contributed by atoms with Crippen molar-refractivity contribution in [2.24, 2.45) is 0 Å². The summed E-state index contributed by atoms with van der Waals surface area (Å²) in [6.07, 6.45) is -3.12. The molecule has 2 aromatic rings. The number of alkyl halides is 3. The van der Waals surface area contributed by atoms with Crippen LogP contribution in [0.3, 0.4) is 0 Å². The fourth-order valence-electron chi connectivity index (χ4n) is 3.05. The van der Waals surface area contributed by atoms with Gasteiger partial charge in [-0.05, 0) is 61.9 Å². The van der Waals surface area contributed by atoms with Gasteiger partial charge in [-0.2, -0.15) is 11.8 Å². The third-order valence-electron chi connectivity index (χ3n) is 4.67. The number of carbonyl (C=O) groups excluding carboxylic acids is 2. The summed E-state index contributed by atoms with van der Waals surface area (Å²) in [6, 6.07) is 12.4. The van der Waals surface area contributed by atoms with Crippen LogP contribution in [0.25, 0.3) is 0 Å². The molecular weight excluding hydrogens is 534 g/mol. The molecule has 2 aromatic carbocycles. The first kappa shape index (κ1) is 30.9. The van der Waals surface area contributed by atoms with Gasteiger partial charge in [-0.15, -0.1) is 13.2 Å². The van der Waals surface area contributed by atoms with Crippen molar-refractivity contribution in [2.45, 2.75) is 38.0 Å². The molecule has 0 fully saturated rings. The van der Waals surface area contributed by atoms with E-state index in [1.807, 2.05) is 0 Å². The Labute approximate surface area is 219 Å². The van der Waals surface area contributed by atoms with Gasteiger partial charge in [-0.25, -0.2) is 0 Å². The molecular formula is C24H29F3NO7PS. The molecule has 0 bridgehead atoms. The fourth-order valence-corrected chi connectivity index (χ4v) is 4.70. The van der Waals surface area contributed by atoms with E-state index >= 15 is 0 Å². The Bertz CT molecular complexity index is 976. The predicted molar refractivity (Wildman–Crippen MR) is 134 cm³/mol. The predicted octanol–water partition coefficient (Wildman–Crippen LogP) is 5.57. The number of ether oxygens (including phenoxy) is 2. The van der Waals surface area contributed by atoms with Gasteiger partial charge in [0.1, 0.15) is 24.2 Å². The molecule has 0 spiro atoms. The molecule has 204 valence electrons. The van der Waals surface area contributed by atoms with E-state index < -0.39 is 26.3 Å². The number of carbonyl (C=O) groups is 2. The lowest BCUT2D eigenvalue weighted by Crippen LogP contribution is -2.32. The van der Waals surface area contributed by atoms with Crippen LogP contribution in [0.2, 0.25) is 0 Å². The van der Waals surface area contributed by atoms with E-state index in [1.54, 1.807) is 50.4 Å². The second-order valence-electron chi connectivity index (χ2n) is 7.28. The SMILES string of the molecule is CCOP(OCC)OC(COc1ccc(CC(SC)C(=O)NC=O)cc1)c1cccc(OC(F)(F)F)c1. The van der Waals surface area contributed by atoms with Crippen molar-refractivity contribution < 1.29 is 45.8 Å². The van der Waals surface area contributed by atoms with Crippen LogP contribution < -0.4 is 14.8 Å². The zero-order valence-electron chi connectivity index (χ0n) is 20.5. The number of imide groups is 1. The van der Waals surface area contributed by atoms with E-state index in [2.05, 4.69) is 10.1 Å². The largest absolute Gasteiger partial charge is 0.573 e. The molecule has 0 heterocycles.